The molecule has 13 aromatic rings. The van der Waals surface area contributed by atoms with Crippen LogP contribution in [-0.2, 0) is 44.8 Å². The van der Waals surface area contributed by atoms with Crippen LogP contribution >= 0.6 is 15.8 Å². The van der Waals surface area contributed by atoms with Gasteiger partial charge >= 0.3 is 44.8 Å². The number of rotatable bonds is 6. The third-order valence-corrected chi connectivity index (χ3v) is 19.3. The second kappa shape index (κ2) is 24.3. The first kappa shape index (κ1) is 51.8. The van der Waals surface area contributed by atoms with E-state index < -0.39 is 15.8 Å². The molecular weight excluding hydrogens is 1300 g/mol. The molecule has 0 aliphatic carbocycles. The molecule has 0 amide bonds. The molecule has 74 heavy (non-hydrogen) atoms. The summed E-state index contributed by atoms with van der Waals surface area (Å²) in [4.78, 5) is 0. The molecule has 13 rings (SSSR count). The summed E-state index contributed by atoms with van der Waals surface area (Å²) in [5, 5.41) is 23.6. The summed E-state index contributed by atoms with van der Waals surface area (Å²) in [7, 11) is -2.28. The Bertz CT molecular complexity index is 3710. The van der Waals surface area contributed by atoms with Crippen molar-refractivity contribution in [1.29, 1.82) is 0 Å². The number of fused-ring (bicyclic) bond motifs is 12. The Kier molecular flexibility index (Phi) is 17.0. The van der Waals surface area contributed by atoms with Crippen LogP contribution < -0.4 is 31.8 Å². The van der Waals surface area contributed by atoms with Crippen LogP contribution in [0.15, 0.2) is 279 Å². The van der Waals surface area contributed by atoms with Crippen LogP contribution in [0.25, 0.3) is 64.6 Å². The zero-order valence-electron chi connectivity index (χ0n) is 40.2. The molecule has 0 bridgehead atoms. The molecule has 0 saturated carbocycles. The third-order valence-electron chi connectivity index (χ3n) is 13.5. The van der Waals surface area contributed by atoms with Gasteiger partial charge in [-0.1, -0.05) is 194 Å². The van der Waals surface area contributed by atoms with Gasteiger partial charge in [-0.05, 0) is 125 Å². The smallest absolute Gasteiger partial charge is 0.366 e. The first-order valence-corrected chi connectivity index (χ1v) is 27.3. The van der Waals surface area contributed by atoms with E-state index in [-0.39, 0.29) is 44.8 Å². The monoisotopic (exact) mass is 1340 g/mol. The minimum absolute atomic E-state index is 0. The minimum atomic E-state index is -1.14. The summed E-state index contributed by atoms with van der Waals surface area (Å²) in [6, 6.07) is 99.5. The van der Waals surface area contributed by atoms with Crippen molar-refractivity contribution in [1.82, 2.24) is 0 Å². The van der Waals surface area contributed by atoms with Gasteiger partial charge in [-0.2, -0.15) is 0 Å². The van der Waals surface area contributed by atoms with E-state index in [4.69, 9.17) is 12.8 Å². The largest absolute Gasteiger partial charge is 1.00 e. The maximum Gasteiger partial charge on any atom is 1.00 e. The molecule has 13 aromatic carbocycles. The van der Waals surface area contributed by atoms with Gasteiger partial charge < -0.3 is 12.8 Å². The molecule has 0 nitrogen and oxygen atoms in total. The van der Waals surface area contributed by atoms with Crippen molar-refractivity contribution in [3.05, 3.63) is 303 Å². The molecule has 0 heterocycles. The second-order valence-electron chi connectivity index (χ2n) is 17.7. The molecule has 0 saturated heterocycles. The fourth-order valence-electron chi connectivity index (χ4n) is 10.3. The van der Waals surface area contributed by atoms with E-state index in [1.165, 1.54) is 96.5 Å². The Labute approximate surface area is 468 Å². The molecular formula is C70H48Au2P2+2. The summed E-state index contributed by atoms with van der Waals surface area (Å²) >= 11 is 0. The maximum absolute atomic E-state index is 7.34. The van der Waals surface area contributed by atoms with Crippen LogP contribution in [0.1, 0.15) is 11.1 Å². The normalized spacial score (nSPS) is 10.7. The van der Waals surface area contributed by atoms with Crippen molar-refractivity contribution in [3.63, 3.8) is 0 Å². The van der Waals surface area contributed by atoms with Crippen molar-refractivity contribution in [2.75, 3.05) is 0 Å². The van der Waals surface area contributed by atoms with Crippen LogP contribution in [0.3, 0.4) is 0 Å². The molecule has 358 valence electrons. The van der Waals surface area contributed by atoms with E-state index in [9.17, 15) is 0 Å². The van der Waals surface area contributed by atoms with Crippen molar-refractivity contribution >= 4 is 112 Å². The van der Waals surface area contributed by atoms with E-state index in [0.29, 0.717) is 0 Å². The van der Waals surface area contributed by atoms with Gasteiger partial charge in [0.15, 0.2) is 0 Å². The van der Waals surface area contributed by atoms with Gasteiger partial charge in [0.05, 0.1) is 0 Å². The van der Waals surface area contributed by atoms with Gasteiger partial charge in [0.1, 0.15) is 47.7 Å². The molecule has 0 aromatic heterocycles. The number of benzene rings is 13. The summed E-state index contributed by atoms with van der Waals surface area (Å²) in [6.07, 6.45) is 14.7. The Morgan fingerprint density at radius 1 is 0.216 bits per heavy atom. The molecule has 4 heteroatoms. The quantitative estimate of drug-likeness (QED) is 0.0512. The molecule has 0 spiro atoms. The summed E-state index contributed by atoms with van der Waals surface area (Å²) in [6.45, 7) is 0. The average Bonchev–Trinajstić information content (AvgIpc) is 3.47. The molecule has 0 atom stereocenters. The summed E-state index contributed by atoms with van der Waals surface area (Å²) in [5.41, 5.74) is 1.64. The summed E-state index contributed by atoms with van der Waals surface area (Å²) in [5.74, 6) is 4.96. The first-order chi connectivity index (χ1) is 35.7. The van der Waals surface area contributed by atoms with Gasteiger partial charge in [-0.3, -0.25) is 11.8 Å². The van der Waals surface area contributed by atoms with Gasteiger partial charge in [0.25, 0.3) is 0 Å². The minimum Gasteiger partial charge on any atom is -0.366 e. The molecule has 0 N–H and O–H groups in total. The van der Waals surface area contributed by atoms with Crippen LogP contribution in [0.2, 0.25) is 0 Å². The third kappa shape index (κ3) is 10.6. The Morgan fingerprint density at radius 3 is 0.662 bits per heavy atom. The molecule has 0 aliphatic rings. The van der Waals surface area contributed by atoms with Crippen LogP contribution in [0, 0.1) is 24.7 Å². The van der Waals surface area contributed by atoms with Crippen LogP contribution in [0.5, 0.6) is 0 Å². The number of hydrogen-bond donors (Lipinski definition) is 0. The Morgan fingerprint density at radius 2 is 0.419 bits per heavy atom. The Balaban J connectivity index is 0.000000140. The predicted octanol–water partition coefficient (Wildman–Crippen LogP) is 14.8. The first-order valence-electron chi connectivity index (χ1n) is 24.3. The van der Waals surface area contributed by atoms with Gasteiger partial charge in [0, 0.05) is 0 Å². The number of hydrogen-bond acceptors (Lipinski definition) is 0. The van der Waals surface area contributed by atoms with E-state index in [0.717, 1.165) is 11.1 Å². The van der Waals surface area contributed by atoms with Crippen molar-refractivity contribution in [2.45, 2.75) is 0 Å². The fraction of sp³-hybridized carbons (Fsp3) is 0. The van der Waals surface area contributed by atoms with Gasteiger partial charge in [-0.25, -0.2) is 0 Å². The maximum atomic E-state index is 7.34. The molecule has 0 aliphatic heterocycles. The van der Waals surface area contributed by atoms with Gasteiger partial charge in [-0.15, -0.1) is 35.4 Å². The van der Waals surface area contributed by atoms with E-state index in [2.05, 4.69) is 279 Å². The predicted molar refractivity (Wildman–Crippen MR) is 317 cm³/mol. The van der Waals surface area contributed by atoms with E-state index >= 15 is 0 Å². The fourth-order valence-corrected chi connectivity index (χ4v) is 16.3. The zero-order valence-corrected chi connectivity index (χ0v) is 46.5. The van der Waals surface area contributed by atoms with E-state index in [1.807, 2.05) is 12.1 Å². The van der Waals surface area contributed by atoms with Crippen LogP contribution in [0.4, 0.5) is 0 Å². The standard InChI is InChI=1S/C30H24P2.2C20H11.2Au/c1-5-15-25(16-6-1)31(26-17-7-2-8-18-26)29-23-13-14-24-30(29)32(27-19-9-3-10-20-27)28-21-11-4-12-22-28;2*1-2-14-11-12-19-17-9-4-3-7-15(17)16-8-5-6-10-18(16)20(19)13-14;;/h1-24H;2*3-13H;;/q;2*-1;2*+1/p+2. The van der Waals surface area contributed by atoms with Crippen molar-refractivity contribution in [2.24, 2.45) is 0 Å². The van der Waals surface area contributed by atoms with Crippen molar-refractivity contribution < 1.29 is 44.8 Å². The second-order valence-corrected chi connectivity index (χ2v) is 22.6. The van der Waals surface area contributed by atoms with Gasteiger partial charge in [0.2, 0.25) is 0 Å². The Hall–Kier alpha value is -7.12. The topological polar surface area (TPSA) is 0 Å². The zero-order chi connectivity index (χ0) is 48.6. The SMILES string of the molecule is [Au+].[Au+].[C-]#Cc1ccc2c3ccccc3c3ccccc3c2c1.[C-]#Cc1ccc2c3ccccc3c3ccccc3c2c1.c1ccc([PH+](c2ccccc2)c2ccccc2[PH+](c2ccccc2)c2ccccc2)cc1. The van der Waals surface area contributed by atoms with Crippen LogP contribution in [-0.4, -0.2) is 0 Å². The van der Waals surface area contributed by atoms with Crippen molar-refractivity contribution in [3.8, 4) is 11.8 Å². The van der Waals surface area contributed by atoms with E-state index in [1.54, 1.807) is 0 Å². The molecule has 0 fully saturated rings. The molecule has 0 unspecified atom stereocenters. The molecule has 0 radical (unpaired) electrons. The summed E-state index contributed by atoms with van der Waals surface area (Å²) < 4.78 is 0. The average molecular weight is 1350 g/mol.